The van der Waals surface area contributed by atoms with Crippen LogP contribution in [0.15, 0.2) is 60.8 Å². The highest BCUT2D eigenvalue weighted by molar-refractivity contribution is 5.31. The van der Waals surface area contributed by atoms with Gasteiger partial charge in [-0.25, -0.2) is 0 Å². The van der Waals surface area contributed by atoms with Gasteiger partial charge in [-0.2, -0.15) is 0 Å². The summed E-state index contributed by atoms with van der Waals surface area (Å²) in [4.78, 5) is 2.56. The van der Waals surface area contributed by atoms with Gasteiger partial charge in [0.2, 0.25) is 0 Å². The molecule has 3 nitrogen and oxygen atoms in total. The Kier molecular flexibility index (Phi) is 4.81. The highest BCUT2D eigenvalue weighted by Gasteiger charge is 2.17. The second-order valence-electron chi connectivity index (χ2n) is 7.13. The summed E-state index contributed by atoms with van der Waals surface area (Å²) in [6.45, 7) is 6.35. The van der Waals surface area contributed by atoms with Gasteiger partial charge < -0.3 is 9.30 Å². The average Bonchev–Trinajstić information content (AvgIpc) is 3.02. The Morgan fingerprint density at radius 2 is 1.69 bits per heavy atom. The van der Waals surface area contributed by atoms with E-state index in [9.17, 15) is 0 Å². The van der Waals surface area contributed by atoms with Crippen LogP contribution in [0, 0.1) is 6.92 Å². The van der Waals surface area contributed by atoms with Crippen LogP contribution in [0.5, 0.6) is 5.75 Å². The third-order valence-corrected chi connectivity index (χ3v) is 5.47. The molecule has 3 heteroatoms. The minimum atomic E-state index is 0.901. The van der Waals surface area contributed by atoms with E-state index in [0.29, 0.717) is 0 Å². The summed E-state index contributed by atoms with van der Waals surface area (Å²) in [5, 5.41) is 0. The Bertz CT molecular complexity index is 879. The SMILES string of the molecule is COc1ccc(Cn2ccc(CN3CCc4ccccc4C3)c2C)cc1. The van der Waals surface area contributed by atoms with Crippen LogP contribution in [-0.2, 0) is 26.1 Å². The van der Waals surface area contributed by atoms with Crippen LogP contribution in [0.1, 0.15) is 27.9 Å². The first-order chi connectivity index (χ1) is 12.7. The second-order valence-corrected chi connectivity index (χ2v) is 7.13. The highest BCUT2D eigenvalue weighted by Crippen LogP contribution is 2.22. The maximum absolute atomic E-state index is 5.24. The van der Waals surface area contributed by atoms with E-state index in [1.807, 2.05) is 12.1 Å². The molecule has 2 heterocycles. The summed E-state index contributed by atoms with van der Waals surface area (Å²) in [5.74, 6) is 0.907. The Labute approximate surface area is 155 Å². The molecule has 1 aliphatic heterocycles. The fourth-order valence-corrected chi connectivity index (χ4v) is 3.79. The van der Waals surface area contributed by atoms with Gasteiger partial charge in [0, 0.05) is 38.1 Å². The highest BCUT2D eigenvalue weighted by atomic mass is 16.5. The number of aromatic nitrogens is 1. The number of methoxy groups -OCH3 is 1. The maximum Gasteiger partial charge on any atom is 0.118 e. The fourth-order valence-electron chi connectivity index (χ4n) is 3.79. The van der Waals surface area contributed by atoms with E-state index < -0.39 is 0 Å². The van der Waals surface area contributed by atoms with Crippen LogP contribution in [0.4, 0.5) is 0 Å². The van der Waals surface area contributed by atoms with E-state index in [4.69, 9.17) is 4.74 Å². The summed E-state index contributed by atoms with van der Waals surface area (Å²) < 4.78 is 7.59. The summed E-state index contributed by atoms with van der Waals surface area (Å²) in [6.07, 6.45) is 3.37. The summed E-state index contributed by atoms with van der Waals surface area (Å²) in [6, 6.07) is 19.4. The topological polar surface area (TPSA) is 17.4 Å². The van der Waals surface area contributed by atoms with Crippen molar-refractivity contribution >= 4 is 0 Å². The van der Waals surface area contributed by atoms with Crippen molar-refractivity contribution in [1.82, 2.24) is 9.47 Å². The third-order valence-electron chi connectivity index (χ3n) is 5.47. The molecule has 0 radical (unpaired) electrons. The first-order valence-electron chi connectivity index (χ1n) is 9.29. The molecule has 0 saturated carbocycles. The van der Waals surface area contributed by atoms with Crippen molar-refractivity contribution in [3.05, 3.63) is 88.7 Å². The molecule has 0 fully saturated rings. The van der Waals surface area contributed by atoms with E-state index in [-0.39, 0.29) is 0 Å². The lowest BCUT2D eigenvalue weighted by Gasteiger charge is -2.28. The summed E-state index contributed by atoms with van der Waals surface area (Å²) in [7, 11) is 1.70. The van der Waals surface area contributed by atoms with Gasteiger partial charge in [0.1, 0.15) is 5.75 Å². The molecule has 0 saturated heterocycles. The molecule has 0 spiro atoms. The number of fused-ring (bicyclic) bond motifs is 1. The molecule has 1 aliphatic rings. The van der Waals surface area contributed by atoms with Crippen LogP contribution >= 0.6 is 0 Å². The van der Waals surface area contributed by atoms with E-state index in [2.05, 4.69) is 65.1 Å². The molecule has 0 bridgehead atoms. The van der Waals surface area contributed by atoms with E-state index in [0.717, 1.165) is 38.3 Å². The summed E-state index contributed by atoms with van der Waals surface area (Å²) >= 11 is 0. The Hall–Kier alpha value is -2.52. The van der Waals surface area contributed by atoms with E-state index in [1.54, 1.807) is 7.11 Å². The minimum Gasteiger partial charge on any atom is -0.497 e. The van der Waals surface area contributed by atoms with Crippen molar-refractivity contribution < 1.29 is 4.74 Å². The molecular weight excluding hydrogens is 320 g/mol. The van der Waals surface area contributed by atoms with Crippen LogP contribution in [0.25, 0.3) is 0 Å². The monoisotopic (exact) mass is 346 g/mol. The zero-order chi connectivity index (χ0) is 17.9. The Morgan fingerprint density at radius 1 is 0.923 bits per heavy atom. The number of rotatable bonds is 5. The van der Waals surface area contributed by atoms with Crippen LogP contribution in [0.2, 0.25) is 0 Å². The zero-order valence-electron chi connectivity index (χ0n) is 15.6. The average molecular weight is 346 g/mol. The van der Waals surface area contributed by atoms with Gasteiger partial charge >= 0.3 is 0 Å². The number of nitrogens with zero attached hydrogens (tertiary/aromatic N) is 2. The van der Waals surface area contributed by atoms with Crippen molar-refractivity contribution in [2.24, 2.45) is 0 Å². The Balaban J connectivity index is 1.44. The lowest BCUT2D eigenvalue weighted by atomic mass is 9.99. The van der Waals surface area contributed by atoms with E-state index in [1.165, 1.54) is 27.9 Å². The number of hydrogen-bond acceptors (Lipinski definition) is 2. The third kappa shape index (κ3) is 3.54. The van der Waals surface area contributed by atoms with Gasteiger partial charge in [0.05, 0.1) is 7.11 Å². The van der Waals surface area contributed by atoms with Crippen molar-refractivity contribution in [3.63, 3.8) is 0 Å². The quantitative estimate of drug-likeness (QED) is 0.681. The smallest absolute Gasteiger partial charge is 0.118 e. The second kappa shape index (κ2) is 7.38. The minimum absolute atomic E-state index is 0.901. The van der Waals surface area contributed by atoms with Gasteiger partial charge in [0.25, 0.3) is 0 Å². The van der Waals surface area contributed by atoms with Crippen molar-refractivity contribution in [2.45, 2.75) is 33.0 Å². The molecule has 0 atom stereocenters. The molecule has 2 aromatic carbocycles. The Morgan fingerprint density at radius 3 is 2.46 bits per heavy atom. The normalized spacial score (nSPS) is 14.2. The summed E-state index contributed by atoms with van der Waals surface area (Å²) in [5.41, 5.74) is 7.08. The maximum atomic E-state index is 5.24. The molecule has 0 amide bonds. The van der Waals surface area contributed by atoms with Crippen molar-refractivity contribution in [3.8, 4) is 5.75 Å². The van der Waals surface area contributed by atoms with Gasteiger partial charge in [-0.1, -0.05) is 36.4 Å². The zero-order valence-corrected chi connectivity index (χ0v) is 15.6. The molecular formula is C23H26N2O. The number of benzene rings is 2. The lowest BCUT2D eigenvalue weighted by Crippen LogP contribution is -2.30. The number of ether oxygens (including phenoxy) is 1. The van der Waals surface area contributed by atoms with Crippen molar-refractivity contribution in [1.29, 1.82) is 0 Å². The predicted octanol–water partition coefficient (Wildman–Crippen LogP) is 4.41. The van der Waals surface area contributed by atoms with Gasteiger partial charge in [0.15, 0.2) is 0 Å². The van der Waals surface area contributed by atoms with Gasteiger partial charge in [-0.3, -0.25) is 4.90 Å². The fraction of sp³-hybridized carbons (Fsp3) is 0.304. The number of hydrogen-bond donors (Lipinski definition) is 0. The first kappa shape index (κ1) is 16.9. The molecule has 0 aliphatic carbocycles. The molecule has 134 valence electrons. The lowest BCUT2D eigenvalue weighted by molar-refractivity contribution is 0.245. The molecule has 0 unspecified atom stereocenters. The largest absolute Gasteiger partial charge is 0.497 e. The molecule has 0 N–H and O–H groups in total. The van der Waals surface area contributed by atoms with Crippen LogP contribution in [-0.4, -0.2) is 23.1 Å². The standard InChI is InChI=1S/C23H26N2O/c1-18-21(16-24-13-11-20-5-3-4-6-22(20)17-24)12-14-25(18)15-19-7-9-23(26-2)10-8-19/h3-10,12,14H,11,13,15-17H2,1-2H3. The van der Waals surface area contributed by atoms with Crippen molar-refractivity contribution in [2.75, 3.05) is 13.7 Å². The molecule has 26 heavy (non-hydrogen) atoms. The molecule has 4 rings (SSSR count). The first-order valence-corrected chi connectivity index (χ1v) is 9.29. The van der Waals surface area contributed by atoms with Gasteiger partial charge in [-0.15, -0.1) is 0 Å². The predicted molar refractivity (Wildman–Crippen MR) is 106 cm³/mol. The van der Waals surface area contributed by atoms with Gasteiger partial charge in [-0.05, 0) is 53.8 Å². The molecule has 3 aromatic rings. The van der Waals surface area contributed by atoms with Crippen LogP contribution < -0.4 is 4.74 Å². The molecule has 1 aromatic heterocycles. The van der Waals surface area contributed by atoms with Crippen LogP contribution in [0.3, 0.4) is 0 Å². The van der Waals surface area contributed by atoms with E-state index >= 15 is 0 Å².